The van der Waals surface area contributed by atoms with E-state index >= 15 is 0 Å². The van der Waals surface area contributed by atoms with Gasteiger partial charge >= 0.3 is 0 Å². The average molecular weight is 480 g/mol. The lowest BCUT2D eigenvalue weighted by atomic mass is 9.90. The Balaban J connectivity index is 1.13. The summed E-state index contributed by atoms with van der Waals surface area (Å²) in [5.41, 5.74) is 3.77. The number of piperazine rings is 1. The first-order valence-corrected chi connectivity index (χ1v) is 13.5. The van der Waals surface area contributed by atoms with Crippen molar-refractivity contribution in [3.8, 4) is 0 Å². The Hall–Kier alpha value is -1.96. The van der Waals surface area contributed by atoms with Crippen LogP contribution in [0.5, 0.6) is 0 Å². The van der Waals surface area contributed by atoms with Crippen LogP contribution in [0.4, 0.5) is 5.69 Å². The summed E-state index contributed by atoms with van der Waals surface area (Å²) < 4.78 is 6.72. The minimum atomic E-state index is -0.436. The standard InChI is InChI=1S/C28H37N3O2S/c1-21(28(32)26-20-34-27-6-4-3-5-25(26)27)22(2)30-13-11-29(12-14-30)19-23-7-9-24(10-8-23)31-15-17-33-18-16-31/h3-10,20-22,28,32H,11-19H2,1-2H3. The second-order valence-corrected chi connectivity index (χ2v) is 10.7. The van der Waals surface area contributed by atoms with Crippen LogP contribution in [0.15, 0.2) is 53.9 Å². The van der Waals surface area contributed by atoms with E-state index in [1.807, 2.05) is 0 Å². The maximum atomic E-state index is 11.2. The Morgan fingerprint density at radius 1 is 0.912 bits per heavy atom. The van der Waals surface area contributed by atoms with Gasteiger partial charge in [0.15, 0.2) is 0 Å². The fourth-order valence-corrected chi connectivity index (χ4v) is 6.32. The zero-order chi connectivity index (χ0) is 23.5. The Morgan fingerprint density at radius 2 is 1.62 bits per heavy atom. The molecule has 3 unspecified atom stereocenters. The number of anilines is 1. The van der Waals surface area contributed by atoms with Gasteiger partial charge in [-0.1, -0.05) is 37.3 Å². The molecule has 0 radical (unpaired) electrons. The van der Waals surface area contributed by atoms with Crippen molar-refractivity contribution in [3.63, 3.8) is 0 Å². The van der Waals surface area contributed by atoms with Crippen molar-refractivity contribution < 1.29 is 9.84 Å². The summed E-state index contributed by atoms with van der Waals surface area (Å²) >= 11 is 1.73. The molecule has 0 amide bonds. The number of thiophene rings is 1. The van der Waals surface area contributed by atoms with Crippen LogP contribution in [-0.4, -0.2) is 73.4 Å². The van der Waals surface area contributed by atoms with Crippen molar-refractivity contribution in [1.82, 2.24) is 9.80 Å². The van der Waals surface area contributed by atoms with E-state index in [0.717, 1.165) is 64.6 Å². The van der Waals surface area contributed by atoms with Gasteiger partial charge in [0, 0.05) is 68.2 Å². The molecule has 0 aliphatic carbocycles. The van der Waals surface area contributed by atoms with Crippen molar-refractivity contribution >= 4 is 27.1 Å². The maximum absolute atomic E-state index is 11.2. The molecule has 0 spiro atoms. The van der Waals surface area contributed by atoms with Gasteiger partial charge in [0.25, 0.3) is 0 Å². The third-order valence-corrected chi connectivity index (χ3v) is 8.77. The van der Waals surface area contributed by atoms with Gasteiger partial charge in [0.1, 0.15) is 0 Å². The molecule has 6 heteroatoms. The van der Waals surface area contributed by atoms with Gasteiger partial charge in [-0.25, -0.2) is 0 Å². The zero-order valence-corrected chi connectivity index (χ0v) is 21.2. The number of hydrogen-bond donors (Lipinski definition) is 1. The van der Waals surface area contributed by atoms with Crippen LogP contribution in [-0.2, 0) is 11.3 Å². The molecule has 5 rings (SSSR count). The van der Waals surface area contributed by atoms with Crippen LogP contribution >= 0.6 is 11.3 Å². The highest BCUT2D eigenvalue weighted by atomic mass is 32.1. The number of aliphatic hydroxyl groups is 1. The first kappa shape index (κ1) is 23.8. The lowest BCUT2D eigenvalue weighted by Crippen LogP contribution is -2.51. The lowest BCUT2D eigenvalue weighted by Gasteiger charge is -2.41. The molecule has 0 bridgehead atoms. The van der Waals surface area contributed by atoms with E-state index < -0.39 is 6.10 Å². The molecule has 34 heavy (non-hydrogen) atoms. The molecule has 3 aromatic rings. The highest BCUT2D eigenvalue weighted by Gasteiger charge is 2.30. The molecule has 2 aliphatic heterocycles. The SMILES string of the molecule is CC(C(O)c1csc2ccccc12)C(C)N1CCN(Cc2ccc(N3CCOCC3)cc2)CC1. The Bertz CT molecular complexity index is 1050. The number of fused-ring (bicyclic) bond motifs is 1. The van der Waals surface area contributed by atoms with E-state index in [1.54, 1.807) is 11.3 Å². The Morgan fingerprint density at radius 3 is 2.35 bits per heavy atom. The van der Waals surface area contributed by atoms with Crippen molar-refractivity contribution in [1.29, 1.82) is 0 Å². The molecule has 2 aromatic carbocycles. The molecule has 0 saturated carbocycles. The fraction of sp³-hybridized carbons (Fsp3) is 0.500. The zero-order valence-electron chi connectivity index (χ0n) is 20.4. The number of nitrogens with zero attached hydrogens (tertiary/aromatic N) is 3. The third-order valence-electron chi connectivity index (χ3n) is 7.79. The third kappa shape index (κ3) is 5.16. The second kappa shape index (κ2) is 10.8. The monoisotopic (exact) mass is 479 g/mol. The minimum absolute atomic E-state index is 0.178. The van der Waals surface area contributed by atoms with Gasteiger partial charge in [-0.05, 0) is 47.0 Å². The molecule has 2 fully saturated rings. The van der Waals surface area contributed by atoms with Crippen LogP contribution in [0, 0.1) is 5.92 Å². The summed E-state index contributed by atoms with van der Waals surface area (Å²) in [5, 5.41) is 14.5. The maximum Gasteiger partial charge on any atom is 0.0844 e. The highest BCUT2D eigenvalue weighted by Crippen LogP contribution is 2.35. The topological polar surface area (TPSA) is 39.2 Å². The van der Waals surface area contributed by atoms with E-state index in [9.17, 15) is 5.11 Å². The highest BCUT2D eigenvalue weighted by molar-refractivity contribution is 7.17. The summed E-state index contributed by atoms with van der Waals surface area (Å²) in [6.45, 7) is 13.3. The van der Waals surface area contributed by atoms with E-state index in [2.05, 4.69) is 82.5 Å². The van der Waals surface area contributed by atoms with Crippen molar-refractivity contribution in [2.45, 2.75) is 32.5 Å². The predicted octanol–water partition coefficient (Wildman–Crippen LogP) is 4.61. The second-order valence-electron chi connectivity index (χ2n) is 9.81. The number of aliphatic hydroxyl groups excluding tert-OH is 1. The number of ether oxygens (including phenoxy) is 1. The van der Waals surface area contributed by atoms with Crippen molar-refractivity contribution in [3.05, 3.63) is 65.0 Å². The molecule has 1 aromatic heterocycles. The van der Waals surface area contributed by atoms with Gasteiger partial charge in [0.05, 0.1) is 19.3 Å². The molecule has 1 N–H and O–H groups in total. The van der Waals surface area contributed by atoms with Crippen LogP contribution in [0.3, 0.4) is 0 Å². The van der Waals surface area contributed by atoms with E-state index in [4.69, 9.17) is 4.74 Å². The van der Waals surface area contributed by atoms with E-state index in [1.165, 1.54) is 21.3 Å². The molecule has 182 valence electrons. The van der Waals surface area contributed by atoms with E-state index in [0.29, 0.717) is 6.04 Å². The van der Waals surface area contributed by atoms with Crippen LogP contribution in [0.1, 0.15) is 31.1 Å². The number of morpholine rings is 1. The molecule has 2 aliphatic rings. The van der Waals surface area contributed by atoms with Gasteiger partial charge in [0.2, 0.25) is 0 Å². The van der Waals surface area contributed by atoms with Crippen molar-refractivity contribution in [2.24, 2.45) is 5.92 Å². The van der Waals surface area contributed by atoms with Crippen LogP contribution in [0.25, 0.3) is 10.1 Å². The molecular formula is C28H37N3O2S. The fourth-order valence-electron chi connectivity index (χ4n) is 5.33. The average Bonchev–Trinajstić information content (AvgIpc) is 3.33. The van der Waals surface area contributed by atoms with Gasteiger partial charge in [-0.15, -0.1) is 11.3 Å². The molecule has 3 atom stereocenters. The lowest BCUT2D eigenvalue weighted by molar-refractivity contribution is 0.0260. The first-order chi connectivity index (χ1) is 16.6. The Labute approximate surface area is 207 Å². The largest absolute Gasteiger partial charge is 0.388 e. The summed E-state index contributed by atoms with van der Waals surface area (Å²) in [7, 11) is 0. The predicted molar refractivity (Wildman–Crippen MR) is 142 cm³/mol. The van der Waals surface area contributed by atoms with Gasteiger partial charge < -0.3 is 14.7 Å². The number of rotatable bonds is 7. The van der Waals surface area contributed by atoms with Gasteiger partial charge in [-0.2, -0.15) is 0 Å². The van der Waals surface area contributed by atoms with Crippen molar-refractivity contribution in [2.75, 3.05) is 57.4 Å². The smallest absolute Gasteiger partial charge is 0.0844 e. The summed E-state index contributed by atoms with van der Waals surface area (Å²) in [6.07, 6.45) is -0.436. The van der Waals surface area contributed by atoms with Crippen LogP contribution < -0.4 is 4.90 Å². The summed E-state index contributed by atoms with van der Waals surface area (Å²) in [6, 6.07) is 17.8. The Kier molecular flexibility index (Phi) is 7.52. The summed E-state index contributed by atoms with van der Waals surface area (Å²) in [5.74, 6) is 0.178. The number of benzene rings is 2. The van der Waals surface area contributed by atoms with Gasteiger partial charge in [-0.3, -0.25) is 9.80 Å². The molecular weight excluding hydrogens is 442 g/mol. The molecule has 3 heterocycles. The molecule has 2 saturated heterocycles. The quantitative estimate of drug-likeness (QED) is 0.536. The summed E-state index contributed by atoms with van der Waals surface area (Å²) in [4.78, 5) is 7.52. The normalized spacial score (nSPS) is 21.0. The number of hydrogen-bond acceptors (Lipinski definition) is 6. The van der Waals surface area contributed by atoms with Crippen LogP contribution in [0.2, 0.25) is 0 Å². The molecule has 5 nitrogen and oxygen atoms in total. The first-order valence-electron chi connectivity index (χ1n) is 12.6. The minimum Gasteiger partial charge on any atom is -0.388 e. The van der Waals surface area contributed by atoms with E-state index in [-0.39, 0.29) is 5.92 Å².